The number of halogens is 1. The minimum absolute atomic E-state index is 0.0472. The Bertz CT molecular complexity index is 548. The molecule has 1 aromatic heterocycles. The molecular weight excluding hydrogens is 258 g/mol. The summed E-state index contributed by atoms with van der Waals surface area (Å²) in [6, 6.07) is 5.91. The van der Waals surface area contributed by atoms with Gasteiger partial charge in [-0.3, -0.25) is 0 Å². The summed E-state index contributed by atoms with van der Waals surface area (Å²) in [5.74, 6) is 1.04. The predicted octanol–water partition coefficient (Wildman–Crippen LogP) is 3.50. The molecule has 1 heterocycles. The smallest absolute Gasteiger partial charge is 0.110 e. The summed E-state index contributed by atoms with van der Waals surface area (Å²) in [6.07, 6.45) is 5.69. The molecule has 2 aromatic rings. The van der Waals surface area contributed by atoms with E-state index in [-0.39, 0.29) is 6.04 Å². The van der Waals surface area contributed by atoms with Gasteiger partial charge in [0.25, 0.3) is 0 Å². The number of aryl methyl sites for hydroxylation is 2. The maximum Gasteiger partial charge on any atom is 0.110 e. The molecule has 102 valence electrons. The van der Waals surface area contributed by atoms with Gasteiger partial charge in [0.2, 0.25) is 0 Å². The lowest BCUT2D eigenvalue weighted by atomic mass is 10.0. The van der Waals surface area contributed by atoms with E-state index in [0.29, 0.717) is 0 Å². The molecule has 3 nitrogen and oxygen atoms in total. The molecule has 1 unspecified atom stereocenters. The van der Waals surface area contributed by atoms with Crippen LogP contribution in [0.25, 0.3) is 0 Å². The van der Waals surface area contributed by atoms with Crippen molar-refractivity contribution in [3.63, 3.8) is 0 Å². The molecule has 0 spiro atoms. The van der Waals surface area contributed by atoms with Crippen LogP contribution in [0.15, 0.2) is 30.6 Å². The lowest BCUT2D eigenvalue weighted by Gasteiger charge is -2.14. The third kappa shape index (κ3) is 3.37. The molecule has 19 heavy (non-hydrogen) atoms. The van der Waals surface area contributed by atoms with Gasteiger partial charge in [0, 0.05) is 36.4 Å². The zero-order chi connectivity index (χ0) is 13.8. The Labute approximate surface area is 119 Å². The summed E-state index contributed by atoms with van der Waals surface area (Å²) in [6.45, 7) is 5.14. The van der Waals surface area contributed by atoms with Crippen molar-refractivity contribution in [2.45, 2.75) is 39.3 Å². The highest BCUT2D eigenvalue weighted by Crippen LogP contribution is 2.21. The topological polar surface area (TPSA) is 43.8 Å². The van der Waals surface area contributed by atoms with E-state index in [1.165, 1.54) is 0 Å². The third-order valence-corrected chi connectivity index (χ3v) is 3.70. The van der Waals surface area contributed by atoms with Gasteiger partial charge in [-0.05, 0) is 30.5 Å². The molecule has 4 heteroatoms. The SMILES string of the molecule is CCCn1ccnc1CC(N)c1ccc(Cl)c(C)c1. The van der Waals surface area contributed by atoms with Crippen molar-refractivity contribution < 1.29 is 0 Å². The first-order valence-corrected chi connectivity index (χ1v) is 7.01. The molecule has 0 aliphatic heterocycles. The summed E-state index contributed by atoms with van der Waals surface area (Å²) >= 11 is 6.04. The number of nitrogens with two attached hydrogens (primary N) is 1. The van der Waals surface area contributed by atoms with Gasteiger partial charge in [-0.1, -0.05) is 30.7 Å². The number of hydrogen-bond acceptors (Lipinski definition) is 2. The fourth-order valence-corrected chi connectivity index (χ4v) is 2.31. The standard InChI is InChI=1S/C15H20ClN3/c1-3-7-19-8-6-18-15(19)10-14(17)12-4-5-13(16)11(2)9-12/h4-6,8-9,14H,3,7,10,17H2,1-2H3. The first-order valence-electron chi connectivity index (χ1n) is 6.63. The van der Waals surface area contributed by atoms with Crippen LogP contribution in [-0.2, 0) is 13.0 Å². The minimum atomic E-state index is -0.0472. The van der Waals surface area contributed by atoms with Gasteiger partial charge in [-0.15, -0.1) is 0 Å². The molecule has 0 saturated heterocycles. The van der Waals surface area contributed by atoms with Crippen LogP contribution in [-0.4, -0.2) is 9.55 Å². The number of hydrogen-bond donors (Lipinski definition) is 1. The second kappa shape index (κ2) is 6.22. The van der Waals surface area contributed by atoms with E-state index in [2.05, 4.69) is 22.5 Å². The van der Waals surface area contributed by atoms with Crippen LogP contribution in [0.1, 0.15) is 36.3 Å². The fraction of sp³-hybridized carbons (Fsp3) is 0.400. The quantitative estimate of drug-likeness (QED) is 0.909. The maximum atomic E-state index is 6.27. The summed E-state index contributed by atoms with van der Waals surface area (Å²) in [7, 11) is 0. The highest BCUT2D eigenvalue weighted by Gasteiger charge is 2.12. The van der Waals surface area contributed by atoms with Gasteiger partial charge < -0.3 is 10.3 Å². The average molecular weight is 278 g/mol. The molecular formula is C15H20ClN3. The fourth-order valence-electron chi connectivity index (χ4n) is 2.19. The number of benzene rings is 1. The number of aromatic nitrogens is 2. The van der Waals surface area contributed by atoms with Crippen molar-refractivity contribution in [1.29, 1.82) is 0 Å². The van der Waals surface area contributed by atoms with E-state index in [1.54, 1.807) is 0 Å². The van der Waals surface area contributed by atoms with Crippen molar-refractivity contribution in [3.8, 4) is 0 Å². The van der Waals surface area contributed by atoms with E-state index >= 15 is 0 Å². The lowest BCUT2D eigenvalue weighted by molar-refractivity contribution is 0.598. The van der Waals surface area contributed by atoms with Crippen LogP contribution in [0.5, 0.6) is 0 Å². The predicted molar refractivity (Wildman–Crippen MR) is 79.3 cm³/mol. The molecule has 0 aliphatic carbocycles. The van der Waals surface area contributed by atoms with Crippen molar-refractivity contribution >= 4 is 11.6 Å². The molecule has 0 saturated carbocycles. The first-order chi connectivity index (χ1) is 9.11. The Morgan fingerprint density at radius 1 is 1.42 bits per heavy atom. The minimum Gasteiger partial charge on any atom is -0.335 e. The van der Waals surface area contributed by atoms with Crippen LogP contribution in [0.2, 0.25) is 5.02 Å². The van der Waals surface area contributed by atoms with Crippen LogP contribution >= 0.6 is 11.6 Å². The molecule has 1 aromatic carbocycles. The Kier molecular flexibility index (Phi) is 4.61. The van der Waals surface area contributed by atoms with E-state index in [1.807, 2.05) is 31.5 Å². The van der Waals surface area contributed by atoms with Gasteiger partial charge in [0.05, 0.1) is 0 Å². The van der Waals surface area contributed by atoms with Crippen molar-refractivity contribution in [1.82, 2.24) is 9.55 Å². The van der Waals surface area contributed by atoms with E-state index in [9.17, 15) is 0 Å². The molecule has 0 amide bonds. The van der Waals surface area contributed by atoms with Gasteiger partial charge >= 0.3 is 0 Å². The number of imidazole rings is 1. The maximum absolute atomic E-state index is 6.27. The molecule has 2 rings (SSSR count). The normalized spacial score (nSPS) is 12.6. The van der Waals surface area contributed by atoms with Crippen LogP contribution in [0, 0.1) is 6.92 Å². The third-order valence-electron chi connectivity index (χ3n) is 3.28. The largest absolute Gasteiger partial charge is 0.335 e. The Morgan fingerprint density at radius 3 is 2.89 bits per heavy atom. The summed E-state index contributed by atoms with van der Waals surface area (Å²) < 4.78 is 2.17. The second-order valence-electron chi connectivity index (χ2n) is 4.86. The average Bonchev–Trinajstić information content (AvgIpc) is 2.80. The summed E-state index contributed by atoms with van der Waals surface area (Å²) in [5.41, 5.74) is 8.44. The number of rotatable bonds is 5. The van der Waals surface area contributed by atoms with Crippen LogP contribution in [0.3, 0.4) is 0 Å². The summed E-state index contributed by atoms with van der Waals surface area (Å²) in [4.78, 5) is 4.40. The van der Waals surface area contributed by atoms with Gasteiger partial charge in [-0.25, -0.2) is 4.98 Å². The Hall–Kier alpha value is -1.32. The van der Waals surface area contributed by atoms with E-state index < -0.39 is 0 Å². The Morgan fingerprint density at radius 2 is 2.21 bits per heavy atom. The molecule has 0 aliphatic rings. The second-order valence-corrected chi connectivity index (χ2v) is 5.26. The highest BCUT2D eigenvalue weighted by molar-refractivity contribution is 6.31. The zero-order valence-corrected chi connectivity index (χ0v) is 12.2. The highest BCUT2D eigenvalue weighted by atomic mass is 35.5. The van der Waals surface area contributed by atoms with Crippen LogP contribution in [0.4, 0.5) is 0 Å². The van der Waals surface area contributed by atoms with Crippen molar-refractivity contribution in [2.24, 2.45) is 5.73 Å². The lowest BCUT2D eigenvalue weighted by Crippen LogP contribution is -2.16. The van der Waals surface area contributed by atoms with Gasteiger partial charge in [0.1, 0.15) is 5.82 Å². The zero-order valence-electron chi connectivity index (χ0n) is 11.4. The number of nitrogens with zero attached hydrogens (tertiary/aromatic N) is 2. The van der Waals surface area contributed by atoms with Crippen molar-refractivity contribution in [2.75, 3.05) is 0 Å². The van der Waals surface area contributed by atoms with Crippen molar-refractivity contribution in [3.05, 3.63) is 52.6 Å². The first kappa shape index (κ1) is 14.1. The molecule has 0 bridgehead atoms. The molecule has 1 atom stereocenters. The van der Waals surface area contributed by atoms with E-state index in [0.717, 1.165) is 41.4 Å². The van der Waals surface area contributed by atoms with E-state index in [4.69, 9.17) is 17.3 Å². The summed E-state index contributed by atoms with van der Waals surface area (Å²) in [5, 5.41) is 0.781. The molecule has 0 fully saturated rings. The molecule has 2 N–H and O–H groups in total. The van der Waals surface area contributed by atoms with Crippen LogP contribution < -0.4 is 5.73 Å². The monoisotopic (exact) mass is 277 g/mol. The molecule has 0 radical (unpaired) electrons. The van der Waals surface area contributed by atoms with Gasteiger partial charge in [0.15, 0.2) is 0 Å². The van der Waals surface area contributed by atoms with Gasteiger partial charge in [-0.2, -0.15) is 0 Å². The Balaban J connectivity index is 2.13.